The Morgan fingerprint density at radius 2 is 1.85 bits per heavy atom. The minimum absolute atomic E-state index is 0.0121. The third-order valence-corrected chi connectivity index (χ3v) is 5.87. The van der Waals surface area contributed by atoms with E-state index in [9.17, 15) is 4.79 Å². The first-order chi connectivity index (χ1) is 12.7. The van der Waals surface area contributed by atoms with E-state index in [0.717, 1.165) is 42.0 Å². The lowest BCUT2D eigenvalue weighted by molar-refractivity contribution is 0.0739. The summed E-state index contributed by atoms with van der Waals surface area (Å²) in [7, 11) is 0. The molecule has 3 heterocycles. The zero-order valence-electron chi connectivity index (χ0n) is 13.8. The minimum Gasteiger partial charge on any atom is -0.330 e. The Morgan fingerprint density at radius 1 is 1.04 bits per heavy atom. The number of hydrogen-bond donors (Lipinski definition) is 0. The molecule has 0 aliphatic carbocycles. The lowest BCUT2D eigenvalue weighted by Gasteiger charge is -2.23. The van der Waals surface area contributed by atoms with Gasteiger partial charge in [-0.3, -0.25) is 9.36 Å². The van der Waals surface area contributed by atoms with Crippen molar-refractivity contribution < 1.29 is 4.79 Å². The smallest absolute Gasteiger partial charge is 0.258 e. The van der Waals surface area contributed by atoms with E-state index < -0.39 is 0 Å². The molecule has 130 valence electrons. The molecule has 0 N–H and O–H groups in total. The number of amides is 1. The van der Waals surface area contributed by atoms with Gasteiger partial charge in [-0.1, -0.05) is 47.5 Å². The summed E-state index contributed by atoms with van der Waals surface area (Å²) >= 11 is 12.9. The summed E-state index contributed by atoms with van der Waals surface area (Å²) in [6, 6.07) is 13.2. The third-order valence-electron chi connectivity index (χ3n) is 5.23. The predicted molar refractivity (Wildman–Crippen MR) is 102 cm³/mol. The van der Waals surface area contributed by atoms with Crippen LogP contribution in [0.25, 0.3) is 16.9 Å². The number of fused-ring (bicyclic) bond motifs is 5. The highest BCUT2D eigenvalue weighted by Crippen LogP contribution is 2.44. The number of nitrogens with zero attached hydrogens (tertiary/aromatic N) is 3. The largest absolute Gasteiger partial charge is 0.330 e. The lowest BCUT2D eigenvalue weighted by Crippen LogP contribution is -2.29. The van der Waals surface area contributed by atoms with Gasteiger partial charge in [0.15, 0.2) is 0 Å². The molecule has 26 heavy (non-hydrogen) atoms. The molecule has 5 rings (SSSR count). The van der Waals surface area contributed by atoms with Crippen LogP contribution in [0, 0.1) is 0 Å². The maximum Gasteiger partial charge on any atom is 0.258 e. The van der Waals surface area contributed by atoms with Crippen molar-refractivity contribution in [3.8, 4) is 16.9 Å². The molecule has 2 aromatic carbocycles. The molecule has 1 atom stereocenters. The van der Waals surface area contributed by atoms with Gasteiger partial charge in [0.05, 0.1) is 38.7 Å². The highest BCUT2D eigenvalue weighted by molar-refractivity contribution is 6.34. The first-order valence-electron chi connectivity index (χ1n) is 8.59. The van der Waals surface area contributed by atoms with Gasteiger partial charge in [0, 0.05) is 12.1 Å². The number of halogens is 2. The Labute approximate surface area is 161 Å². The van der Waals surface area contributed by atoms with Crippen molar-refractivity contribution >= 4 is 29.1 Å². The van der Waals surface area contributed by atoms with Crippen LogP contribution in [-0.2, 0) is 0 Å². The van der Waals surface area contributed by atoms with E-state index in [1.165, 1.54) is 0 Å². The summed E-state index contributed by atoms with van der Waals surface area (Å²) in [5.41, 5.74) is 4.03. The van der Waals surface area contributed by atoms with Gasteiger partial charge < -0.3 is 4.90 Å². The normalized spacial score (nSPS) is 18.3. The predicted octanol–water partition coefficient (Wildman–Crippen LogP) is 5.14. The topological polar surface area (TPSA) is 38.1 Å². The second kappa shape index (κ2) is 5.86. The number of rotatable bonds is 1. The first kappa shape index (κ1) is 15.9. The molecular weight excluding hydrogens is 369 g/mol. The molecule has 0 bridgehead atoms. The molecule has 0 saturated carbocycles. The third kappa shape index (κ3) is 2.15. The van der Waals surface area contributed by atoms with Crippen LogP contribution in [0.3, 0.4) is 0 Å². The highest BCUT2D eigenvalue weighted by Gasteiger charge is 2.40. The standard InChI is InChI=1S/C20H15Cl2N3O/c21-13-6-2-1-5-12(13)18-19-16-9-4-10-24(16)20(26)17-14(22)7-3-8-15(17)25(19)11-23-18/h1-3,5-8,11,16H,4,9-10H2/t16-/m0/s1. The van der Waals surface area contributed by atoms with Gasteiger partial charge in [-0.25, -0.2) is 4.98 Å². The fraction of sp³-hybridized carbons (Fsp3) is 0.200. The van der Waals surface area contributed by atoms with Crippen LogP contribution in [0.15, 0.2) is 48.8 Å². The van der Waals surface area contributed by atoms with Crippen molar-refractivity contribution in [1.29, 1.82) is 0 Å². The molecule has 0 radical (unpaired) electrons. The van der Waals surface area contributed by atoms with Gasteiger partial charge in [-0.05, 0) is 31.0 Å². The van der Waals surface area contributed by atoms with Gasteiger partial charge in [-0.2, -0.15) is 0 Å². The summed E-state index contributed by atoms with van der Waals surface area (Å²) in [6.45, 7) is 0.724. The molecule has 2 aliphatic heterocycles. The molecule has 0 spiro atoms. The van der Waals surface area contributed by atoms with Crippen molar-refractivity contribution in [1.82, 2.24) is 14.5 Å². The SMILES string of the molecule is O=C1c2c(Cl)cccc2-n2cnc(-c3ccccc3Cl)c2[C@@H]2CCCN12. The summed E-state index contributed by atoms with van der Waals surface area (Å²) in [4.78, 5) is 19.8. The molecule has 3 aromatic rings. The molecule has 6 heteroatoms. The zero-order valence-corrected chi connectivity index (χ0v) is 15.3. The van der Waals surface area contributed by atoms with E-state index in [0.29, 0.717) is 15.6 Å². The molecular formula is C20H15Cl2N3O. The number of carbonyl (C=O) groups is 1. The fourth-order valence-corrected chi connectivity index (χ4v) is 4.57. The summed E-state index contributed by atoms with van der Waals surface area (Å²) in [6.07, 6.45) is 3.64. The van der Waals surface area contributed by atoms with Crippen molar-refractivity contribution in [2.45, 2.75) is 18.9 Å². The second-order valence-electron chi connectivity index (χ2n) is 6.62. The van der Waals surface area contributed by atoms with Gasteiger partial charge in [0.25, 0.3) is 5.91 Å². The summed E-state index contributed by atoms with van der Waals surface area (Å²) < 4.78 is 2.01. The highest BCUT2D eigenvalue weighted by atomic mass is 35.5. The fourth-order valence-electron chi connectivity index (χ4n) is 4.09. The van der Waals surface area contributed by atoms with E-state index in [-0.39, 0.29) is 11.9 Å². The van der Waals surface area contributed by atoms with E-state index in [1.807, 2.05) is 45.9 Å². The molecule has 1 aromatic heterocycles. The van der Waals surface area contributed by atoms with E-state index in [1.54, 1.807) is 12.4 Å². The molecule has 1 fully saturated rings. The number of hydrogen-bond acceptors (Lipinski definition) is 2. The van der Waals surface area contributed by atoms with Crippen LogP contribution in [0.1, 0.15) is 34.9 Å². The van der Waals surface area contributed by atoms with Gasteiger partial charge in [0.2, 0.25) is 0 Å². The average molecular weight is 384 g/mol. The van der Waals surface area contributed by atoms with Gasteiger partial charge >= 0.3 is 0 Å². The molecule has 1 saturated heterocycles. The van der Waals surface area contributed by atoms with Crippen LogP contribution < -0.4 is 0 Å². The number of aromatic nitrogens is 2. The zero-order chi connectivity index (χ0) is 17.8. The van der Waals surface area contributed by atoms with Crippen LogP contribution in [-0.4, -0.2) is 26.9 Å². The number of imidazole rings is 1. The van der Waals surface area contributed by atoms with Crippen LogP contribution in [0.4, 0.5) is 0 Å². The number of carbonyl (C=O) groups excluding carboxylic acids is 1. The van der Waals surface area contributed by atoms with Crippen LogP contribution >= 0.6 is 23.2 Å². The van der Waals surface area contributed by atoms with Crippen molar-refractivity contribution in [3.63, 3.8) is 0 Å². The Kier molecular flexibility index (Phi) is 3.59. The Bertz CT molecular complexity index is 1040. The molecule has 1 amide bonds. The maximum atomic E-state index is 13.2. The Hall–Kier alpha value is -2.30. The maximum absolute atomic E-state index is 13.2. The van der Waals surface area contributed by atoms with Crippen molar-refractivity contribution in [2.24, 2.45) is 0 Å². The Morgan fingerprint density at radius 3 is 2.69 bits per heavy atom. The second-order valence-corrected chi connectivity index (χ2v) is 7.43. The van der Waals surface area contributed by atoms with Gasteiger partial charge in [0.1, 0.15) is 6.33 Å². The summed E-state index contributed by atoms with van der Waals surface area (Å²) in [5, 5.41) is 1.12. The quantitative estimate of drug-likeness (QED) is 0.583. The van der Waals surface area contributed by atoms with E-state index in [2.05, 4.69) is 4.98 Å². The molecule has 4 nitrogen and oxygen atoms in total. The van der Waals surface area contributed by atoms with E-state index >= 15 is 0 Å². The summed E-state index contributed by atoms with van der Waals surface area (Å²) in [5.74, 6) is -0.0121. The van der Waals surface area contributed by atoms with Crippen molar-refractivity contribution in [2.75, 3.05) is 6.54 Å². The first-order valence-corrected chi connectivity index (χ1v) is 9.34. The number of benzene rings is 2. The molecule has 0 unspecified atom stereocenters. The van der Waals surface area contributed by atoms with Crippen molar-refractivity contribution in [3.05, 3.63) is 70.1 Å². The van der Waals surface area contributed by atoms with Crippen LogP contribution in [0.5, 0.6) is 0 Å². The van der Waals surface area contributed by atoms with Gasteiger partial charge in [-0.15, -0.1) is 0 Å². The average Bonchev–Trinajstić information content (AvgIpc) is 3.26. The monoisotopic (exact) mass is 383 g/mol. The lowest BCUT2D eigenvalue weighted by atomic mass is 10.0. The van der Waals surface area contributed by atoms with E-state index in [4.69, 9.17) is 23.2 Å². The minimum atomic E-state index is -0.0280. The molecule has 2 aliphatic rings. The van der Waals surface area contributed by atoms with Crippen LogP contribution in [0.2, 0.25) is 10.0 Å². The Balaban J connectivity index is 1.84.